The number of hydrogen-bond donors (Lipinski definition) is 2. The lowest BCUT2D eigenvalue weighted by Crippen LogP contribution is -2.53. The van der Waals surface area contributed by atoms with Gasteiger partial charge in [-0.05, 0) is 50.2 Å². The van der Waals surface area contributed by atoms with Gasteiger partial charge in [0.1, 0.15) is 17.5 Å². The Morgan fingerprint density at radius 3 is 2.67 bits per heavy atom. The summed E-state index contributed by atoms with van der Waals surface area (Å²) in [4.78, 5) is 12.3. The van der Waals surface area contributed by atoms with Crippen molar-refractivity contribution in [2.75, 3.05) is 6.54 Å². The zero-order chi connectivity index (χ0) is 19.8. The molecule has 0 saturated carbocycles. The van der Waals surface area contributed by atoms with Crippen LogP contribution in [-0.4, -0.2) is 29.1 Å². The van der Waals surface area contributed by atoms with E-state index in [1.807, 2.05) is 6.07 Å². The van der Waals surface area contributed by atoms with E-state index in [0.717, 1.165) is 12.1 Å². The number of ether oxygens (including phenoxy) is 1. The van der Waals surface area contributed by atoms with E-state index in [2.05, 4.69) is 5.32 Å². The van der Waals surface area contributed by atoms with Crippen molar-refractivity contribution < 1.29 is 23.4 Å². The third-order valence-corrected chi connectivity index (χ3v) is 4.60. The van der Waals surface area contributed by atoms with Crippen LogP contribution in [0.15, 0.2) is 36.4 Å². The van der Waals surface area contributed by atoms with E-state index >= 15 is 0 Å². The molecule has 0 aliphatic carbocycles. The first-order valence-electron chi connectivity index (χ1n) is 8.35. The molecule has 1 aliphatic heterocycles. The predicted molar refractivity (Wildman–Crippen MR) is 93.3 cm³/mol. The van der Waals surface area contributed by atoms with E-state index in [0.29, 0.717) is 16.9 Å². The van der Waals surface area contributed by atoms with Gasteiger partial charge >= 0.3 is 0 Å². The Balaban J connectivity index is 1.85. The highest BCUT2D eigenvalue weighted by Crippen LogP contribution is 2.40. The summed E-state index contributed by atoms with van der Waals surface area (Å²) < 4.78 is 32.2. The van der Waals surface area contributed by atoms with Crippen molar-refractivity contribution in [3.05, 3.63) is 64.7 Å². The molecule has 140 valence electrons. The summed E-state index contributed by atoms with van der Waals surface area (Å²) >= 11 is 0. The van der Waals surface area contributed by atoms with Crippen LogP contribution in [-0.2, 0) is 0 Å². The summed E-state index contributed by atoms with van der Waals surface area (Å²) in [5, 5.41) is 22.8. The fourth-order valence-corrected chi connectivity index (χ4v) is 3.07. The van der Waals surface area contributed by atoms with E-state index in [1.54, 1.807) is 32.0 Å². The molecular formula is C20H18F2N2O3. The molecule has 0 spiro atoms. The molecule has 1 heterocycles. The van der Waals surface area contributed by atoms with Gasteiger partial charge in [0.25, 0.3) is 0 Å². The second-order valence-electron chi connectivity index (χ2n) is 6.93. The van der Waals surface area contributed by atoms with Gasteiger partial charge in [0.2, 0.25) is 0 Å². The minimum atomic E-state index is -1.10. The largest absolute Gasteiger partial charge is 0.485 e. The van der Waals surface area contributed by atoms with E-state index in [4.69, 9.17) is 10.00 Å². The molecule has 0 aromatic heterocycles. The standard InChI is InChI=1S/C20H18F2N2O3/c1-20(2)19(26)18(13-7-11(9-23)3-6-17(13)27-20)24-10-16(25)12-4-5-14(21)15(22)8-12/h3-8,18-19,24,26H,10H2,1-2H3/t18-,19+/m0/s1. The van der Waals surface area contributed by atoms with Gasteiger partial charge in [-0.1, -0.05) is 0 Å². The molecule has 27 heavy (non-hydrogen) atoms. The molecule has 2 atom stereocenters. The molecule has 0 amide bonds. The number of nitriles is 1. The summed E-state index contributed by atoms with van der Waals surface area (Å²) in [5.41, 5.74) is 0.0410. The van der Waals surface area contributed by atoms with Crippen LogP contribution in [0.1, 0.15) is 41.4 Å². The maximum atomic E-state index is 13.3. The van der Waals surface area contributed by atoms with E-state index in [-0.39, 0.29) is 12.1 Å². The number of hydrogen-bond acceptors (Lipinski definition) is 5. The molecule has 2 aromatic rings. The molecule has 0 fully saturated rings. The minimum Gasteiger partial charge on any atom is -0.485 e. The first-order chi connectivity index (χ1) is 12.7. The molecule has 7 heteroatoms. The molecule has 2 aromatic carbocycles. The van der Waals surface area contributed by atoms with Crippen LogP contribution in [0.2, 0.25) is 0 Å². The highest BCUT2D eigenvalue weighted by molar-refractivity contribution is 5.97. The number of aliphatic hydroxyl groups is 1. The first-order valence-corrected chi connectivity index (χ1v) is 8.35. The Hall–Kier alpha value is -2.82. The van der Waals surface area contributed by atoms with Crippen LogP contribution in [0, 0.1) is 23.0 Å². The number of ketones is 1. The van der Waals surface area contributed by atoms with Crippen LogP contribution in [0.4, 0.5) is 8.78 Å². The third-order valence-electron chi connectivity index (χ3n) is 4.60. The smallest absolute Gasteiger partial charge is 0.176 e. The van der Waals surface area contributed by atoms with Gasteiger partial charge in [0, 0.05) is 11.1 Å². The number of rotatable bonds is 4. The molecular weight excluding hydrogens is 354 g/mol. The Bertz CT molecular complexity index is 937. The number of nitrogens with zero attached hydrogens (tertiary/aromatic N) is 1. The molecule has 0 bridgehead atoms. The number of Topliss-reactive ketones (excluding diaryl/α,β-unsaturated/α-hetero) is 1. The number of nitrogens with one attached hydrogen (secondary N) is 1. The molecule has 0 radical (unpaired) electrons. The summed E-state index contributed by atoms with van der Waals surface area (Å²) in [7, 11) is 0. The molecule has 1 aliphatic rings. The predicted octanol–water partition coefficient (Wildman–Crippen LogP) is 2.88. The van der Waals surface area contributed by atoms with Crippen molar-refractivity contribution in [3.63, 3.8) is 0 Å². The second-order valence-corrected chi connectivity index (χ2v) is 6.93. The van der Waals surface area contributed by atoms with E-state index in [1.165, 1.54) is 6.07 Å². The number of aliphatic hydroxyl groups excluding tert-OH is 1. The molecule has 0 saturated heterocycles. The lowest BCUT2D eigenvalue weighted by Gasteiger charge is -2.42. The third kappa shape index (κ3) is 3.68. The SMILES string of the molecule is CC1(C)Oc2ccc(C#N)cc2[C@H](NCC(=O)c2ccc(F)c(F)c2)[C@H]1O. The van der Waals surface area contributed by atoms with Crippen molar-refractivity contribution in [2.45, 2.75) is 31.6 Å². The zero-order valence-electron chi connectivity index (χ0n) is 14.8. The lowest BCUT2D eigenvalue weighted by atomic mass is 9.86. The van der Waals surface area contributed by atoms with Gasteiger partial charge in [-0.3, -0.25) is 4.79 Å². The van der Waals surface area contributed by atoms with Crippen molar-refractivity contribution in [3.8, 4) is 11.8 Å². The van der Waals surface area contributed by atoms with Gasteiger partial charge in [-0.2, -0.15) is 5.26 Å². The van der Waals surface area contributed by atoms with Gasteiger partial charge in [-0.15, -0.1) is 0 Å². The molecule has 2 N–H and O–H groups in total. The summed E-state index contributed by atoms with van der Waals surface area (Å²) in [6.45, 7) is 3.22. The van der Waals surface area contributed by atoms with Crippen LogP contribution in [0.3, 0.4) is 0 Å². The quantitative estimate of drug-likeness (QED) is 0.807. The Morgan fingerprint density at radius 2 is 2.00 bits per heavy atom. The van der Waals surface area contributed by atoms with Crippen LogP contribution < -0.4 is 10.1 Å². The number of benzene rings is 2. The highest BCUT2D eigenvalue weighted by atomic mass is 19.2. The van der Waals surface area contributed by atoms with Gasteiger partial charge in [0.15, 0.2) is 17.4 Å². The zero-order valence-corrected chi connectivity index (χ0v) is 14.8. The average molecular weight is 372 g/mol. The lowest BCUT2D eigenvalue weighted by molar-refractivity contribution is -0.0640. The Morgan fingerprint density at radius 1 is 1.26 bits per heavy atom. The second kappa shape index (κ2) is 7.06. The van der Waals surface area contributed by atoms with Gasteiger partial charge in [-0.25, -0.2) is 8.78 Å². The normalized spacial score (nSPS) is 20.3. The van der Waals surface area contributed by atoms with E-state index < -0.39 is 35.2 Å². The summed E-state index contributed by atoms with van der Waals surface area (Å²) in [6.07, 6.45) is -1.00. The molecule has 5 nitrogen and oxygen atoms in total. The fraction of sp³-hybridized carbons (Fsp3) is 0.300. The summed E-state index contributed by atoms with van der Waals surface area (Å²) in [5.74, 6) is -2.08. The molecule has 3 rings (SSSR count). The number of carbonyl (C=O) groups excluding carboxylic acids is 1. The Kier molecular flexibility index (Phi) is 4.96. The van der Waals surface area contributed by atoms with Crippen molar-refractivity contribution >= 4 is 5.78 Å². The van der Waals surface area contributed by atoms with Gasteiger partial charge < -0.3 is 15.2 Å². The summed E-state index contributed by atoms with van der Waals surface area (Å²) in [6, 6.07) is 9.13. The highest BCUT2D eigenvalue weighted by Gasteiger charge is 2.43. The monoisotopic (exact) mass is 372 g/mol. The number of carbonyl (C=O) groups is 1. The minimum absolute atomic E-state index is 0.0215. The number of halogens is 2. The van der Waals surface area contributed by atoms with Crippen LogP contribution in [0.5, 0.6) is 5.75 Å². The molecule has 0 unspecified atom stereocenters. The first kappa shape index (κ1) is 19.0. The maximum absolute atomic E-state index is 13.3. The van der Waals surface area contributed by atoms with Crippen molar-refractivity contribution in [1.29, 1.82) is 5.26 Å². The van der Waals surface area contributed by atoms with E-state index in [9.17, 15) is 18.7 Å². The average Bonchev–Trinajstić information content (AvgIpc) is 2.63. The van der Waals surface area contributed by atoms with Crippen molar-refractivity contribution in [1.82, 2.24) is 5.32 Å². The van der Waals surface area contributed by atoms with Crippen LogP contribution in [0.25, 0.3) is 0 Å². The van der Waals surface area contributed by atoms with Crippen LogP contribution >= 0.6 is 0 Å². The van der Waals surface area contributed by atoms with Gasteiger partial charge in [0.05, 0.1) is 24.2 Å². The number of fused-ring (bicyclic) bond motifs is 1. The maximum Gasteiger partial charge on any atom is 0.176 e. The topological polar surface area (TPSA) is 82.3 Å². The van der Waals surface area contributed by atoms with Crippen molar-refractivity contribution in [2.24, 2.45) is 0 Å². The Labute approximate surface area is 155 Å². The fourth-order valence-electron chi connectivity index (χ4n) is 3.07.